The molecule has 24 heavy (non-hydrogen) atoms. The van der Waals surface area contributed by atoms with E-state index in [0.29, 0.717) is 11.3 Å². The molecular formula is C17H15FN2O2S2. The molecule has 0 aliphatic heterocycles. The molecule has 7 heteroatoms. The van der Waals surface area contributed by atoms with Gasteiger partial charge in [0.15, 0.2) is 11.6 Å². The van der Waals surface area contributed by atoms with Gasteiger partial charge >= 0.3 is 0 Å². The second-order valence-electron chi connectivity index (χ2n) is 5.10. The summed E-state index contributed by atoms with van der Waals surface area (Å²) in [5.41, 5.74) is 1.03. The zero-order valence-electron chi connectivity index (χ0n) is 13.1. The summed E-state index contributed by atoms with van der Waals surface area (Å²) in [7, 11) is 1.41. The SMILES string of the molecule is COc1ccc([C@@H](C)NC(=O)c2csc(-c3cccs3)n2)cc1F. The standard InChI is InChI=1S/C17H15FN2O2S2/c1-10(11-5-6-14(22-2)12(18)8-11)19-16(21)13-9-24-17(20-13)15-4-3-7-23-15/h3-10H,1-2H3,(H,19,21)/t10-/m1/s1. The number of nitrogens with zero attached hydrogens (tertiary/aromatic N) is 1. The van der Waals surface area contributed by atoms with Gasteiger partial charge in [0, 0.05) is 5.38 Å². The van der Waals surface area contributed by atoms with Gasteiger partial charge in [0.1, 0.15) is 10.7 Å². The van der Waals surface area contributed by atoms with Crippen molar-refractivity contribution in [2.45, 2.75) is 13.0 Å². The quantitative estimate of drug-likeness (QED) is 0.726. The van der Waals surface area contributed by atoms with Crippen LogP contribution in [0.2, 0.25) is 0 Å². The summed E-state index contributed by atoms with van der Waals surface area (Å²) in [6.07, 6.45) is 0. The van der Waals surface area contributed by atoms with Gasteiger partial charge in [-0.05, 0) is 36.1 Å². The molecule has 1 N–H and O–H groups in total. The molecule has 1 amide bonds. The number of thiophene rings is 1. The van der Waals surface area contributed by atoms with Gasteiger partial charge in [-0.15, -0.1) is 22.7 Å². The van der Waals surface area contributed by atoms with E-state index in [4.69, 9.17) is 4.74 Å². The monoisotopic (exact) mass is 362 g/mol. The first-order chi connectivity index (χ1) is 11.6. The lowest BCUT2D eigenvalue weighted by atomic mass is 10.1. The predicted octanol–water partition coefficient (Wildman–Crippen LogP) is 4.51. The number of carbonyl (C=O) groups is 1. The molecule has 0 saturated carbocycles. The number of methoxy groups -OCH3 is 1. The Bertz CT molecular complexity index is 846. The minimum absolute atomic E-state index is 0.178. The highest BCUT2D eigenvalue weighted by molar-refractivity contribution is 7.20. The number of rotatable bonds is 5. The van der Waals surface area contributed by atoms with Crippen LogP contribution in [0, 0.1) is 5.82 Å². The average molecular weight is 362 g/mol. The summed E-state index contributed by atoms with van der Waals surface area (Å²) in [6.45, 7) is 1.80. The lowest BCUT2D eigenvalue weighted by molar-refractivity contribution is 0.0935. The molecule has 0 fully saturated rings. The third-order valence-corrected chi connectivity index (χ3v) is 5.37. The third-order valence-electron chi connectivity index (χ3n) is 3.49. The second kappa shape index (κ2) is 7.11. The molecule has 0 bridgehead atoms. The molecule has 2 heterocycles. The number of benzene rings is 1. The van der Waals surface area contributed by atoms with Gasteiger partial charge in [0.25, 0.3) is 5.91 Å². The first-order valence-corrected chi connectivity index (χ1v) is 8.98. The molecule has 4 nitrogen and oxygen atoms in total. The topological polar surface area (TPSA) is 51.2 Å². The second-order valence-corrected chi connectivity index (χ2v) is 6.91. The number of carbonyl (C=O) groups excluding carboxylic acids is 1. The van der Waals surface area contributed by atoms with Crippen LogP contribution >= 0.6 is 22.7 Å². The minimum atomic E-state index is -0.454. The highest BCUT2D eigenvalue weighted by Gasteiger charge is 2.16. The molecule has 0 radical (unpaired) electrons. The van der Waals surface area contributed by atoms with Crippen molar-refractivity contribution in [1.29, 1.82) is 0 Å². The maximum Gasteiger partial charge on any atom is 0.271 e. The first-order valence-electron chi connectivity index (χ1n) is 7.22. The molecule has 0 aliphatic carbocycles. The molecule has 0 spiro atoms. The Morgan fingerprint density at radius 2 is 2.17 bits per heavy atom. The zero-order chi connectivity index (χ0) is 17.1. The third kappa shape index (κ3) is 3.47. The summed E-state index contributed by atoms with van der Waals surface area (Å²) in [4.78, 5) is 17.7. The lowest BCUT2D eigenvalue weighted by Crippen LogP contribution is -2.27. The van der Waals surface area contributed by atoms with Gasteiger partial charge in [0.05, 0.1) is 18.0 Å². The summed E-state index contributed by atoms with van der Waals surface area (Å²) < 4.78 is 18.7. The van der Waals surface area contributed by atoms with Crippen molar-refractivity contribution in [3.05, 3.63) is 58.2 Å². The Balaban J connectivity index is 1.71. The van der Waals surface area contributed by atoms with Crippen LogP contribution in [0.25, 0.3) is 9.88 Å². The number of ether oxygens (including phenoxy) is 1. The lowest BCUT2D eigenvalue weighted by Gasteiger charge is -2.14. The van der Waals surface area contributed by atoms with E-state index in [1.165, 1.54) is 24.5 Å². The summed E-state index contributed by atoms with van der Waals surface area (Å²) in [5, 5.41) is 7.35. The summed E-state index contributed by atoms with van der Waals surface area (Å²) in [6, 6.07) is 8.21. The van der Waals surface area contributed by atoms with Crippen molar-refractivity contribution < 1.29 is 13.9 Å². The molecule has 3 rings (SSSR count). The van der Waals surface area contributed by atoms with E-state index in [1.807, 2.05) is 17.5 Å². The zero-order valence-corrected chi connectivity index (χ0v) is 14.7. The van der Waals surface area contributed by atoms with Gasteiger partial charge in [0.2, 0.25) is 0 Å². The number of hydrogen-bond donors (Lipinski definition) is 1. The molecule has 0 saturated heterocycles. The smallest absolute Gasteiger partial charge is 0.271 e. The van der Waals surface area contributed by atoms with Crippen molar-refractivity contribution in [1.82, 2.24) is 10.3 Å². The van der Waals surface area contributed by atoms with Crippen molar-refractivity contribution in [3.63, 3.8) is 0 Å². The molecule has 0 unspecified atom stereocenters. The van der Waals surface area contributed by atoms with Crippen LogP contribution in [0.5, 0.6) is 5.75 Å². The Labute approximate surface area is 146 Å². The predicted molar refractivity (Wildman–Crippen MR) is 94.3 cm³/mol. The largest absolute Gasteiger partial charge is 0.494 e. The minimum Gasteiger partial charge on any atom is -0.494 e. The molecular weight excluding hydrogens is 347 g/mol. The van der Waals surface area contributed by atoms with Crippen LogP contribution in [-0.4, -0.2) is 18.0 Å². The van der Waals surface area contributed by atoms with Gasteiger partial charge < -0.3 is 10.1 Å². The Morgan fingerprint density at radius 1 is 1.33 bits per heavy atom. The molecule has 1 aromatic carbocycles. The molecule has 0 aliphatic rings. The number of nitrogens with one attached hydrogen (secondary N) is 1. The molecule has 124 valence electrons. The summed E-state index contributed by atoms with van der Waals surface area (Å²) >= 11 is 3.01. The number of hydrogen-bond acceptors (Lipinski definition) is 5. The number of aromatic nitrogens is 1. The number of amides is 1. The fourth-order valence-corrected chi connectivity index (χ4v) is 3.81. The van der Waals surface area contributed by atoms with E-state index in [2.05, 4.69) is 10.3 Å². The van der Waals surface area contributed by atoms with Crippen LogP contribution in [0.15, 0.2) is 41.1 Å². The van der Waals surface area contributed by atoms with Crippen molar-refractivity contribution in [2.75, 3.05) is 7.11 Å². The van der Waals surface area contributed by atoms with Crippen molar-refractivity contribution >= 4 is 28.6 Å². The van der Waals surface area contributed by atoms with Gasteiger partial charge in [-0.25, -0.2) is 9.37 Å². The Morgan fingerprint density at radius 3 is 2.83 bits per heavy atom. The van der Waals surface area contributed by atoms with E-state index in [-0.39, 0.29) is 17.7 Å². The van der Waals surface area contributed by atoms with Crippen LogP contribution in [0.3, 0.4) is 0 Å². The maximum absolute atomic E-state index is 13.8. The van der Waals surface area contributed by atoms with Crippen LogP contribution in [0.1, 0.15) is 29.0 Å². The van der Waals surface area contributed by atoms with Crippen LogP contribution < -0.4 is 10.1 Å². The molecule has 2 aromatic heterocycles. The molecule has 3 aromatic rings. The van der Waals surface area contributed by atoms with Crippen molar-refractivity contribution in [2.24, 2.45) is 0 Å². The van der Waals surface area contributed by atoms with Gasteiger partial charge in [-0.1, -0.05) is 12.1 Å². The van der Waals surface area contributed by atoms with E-state index < -0.39 is 5.82 Å². The van der Waals surface area contributed by atoms with E-state index in [1.54, 1.807) is 35.8 Å². The van der Waals surface area contributed by atoms with Crippen LogP contribution in [-0.2, 0) is 0 Å². The fourth-order valence-electron chi connectivity index (χ4n) is 2.20. The normalized spacial score (nSPS) is 12.0. The van der Waals surface area contributed by atoms with Gasteiger partial charge in [-0.2, -0.15) is 0 Å². The number of halogens is 1. The first kappa shape index (κ1) is 16.6. The Kier molecular flexibility index (Phi) is 4.92. The van der Waals surface area contributed by atoms with Crippen molar-refractivity contribution in [3.8, 4) is 15.6 Å². The Hall–Kier alpha value is -2.25. The average Bonchev–Trinajstić information content (AvgIpc) is 3.25. The molecule has 1 atom stereocenters. The highest BCUT2D eigenvalue weighted by atomic mass is 32.1. The van der Waals surface area contributed by atoms with E-state index in [0.717, 1.165) is 9.88 Å². The number of thiazole rings is 1. The fraction of sp³-hybridized carbons (Fsp3) is 0.176. The maximum atomic E-state index is 13.8. The van der Waals surface area contributed by atoms with Gasteiger partial charge in [-0.3, -0.25) is 4.79 Å². The van der Waals surface area contributed by atoms with Crippen LogP contribution in [0.4, 0.5) is 4.39 Å². The van der Waals surface area contributed by atoms with E-state index in [9.17, 15) is 9.18 Å². The van der Waals surface area contributed by atoms with E-state index >= 15 is 0 Å². The highest BCUT2D eigenvalue weighted by Crippen LogP contribution is 2.28. The summed E-state index contributed by atoms with van der Waals surface area (Å²) in [5.74, 6) is -0.556.